The summed E-state index contributed by atoms with van der Waals surface area (Å²) >= 11 is 0. The van der Waals surface area contributed by atoms with Crippen LogP contribution in [-0.2, 0) is 0 Å². The molecule has 0 amide bonds. The van der Waals surface area contributed by atoms with Crippen LogP contribution >= 0.6 is 0 Å². The molecule has 1 aliphatic rings. The van der Waals surface area contributed by atoms with E-state index in [1.807, 2.05) is 0 Å². The number of nitrogens with one attached hydrogen (secondary N) is 1. The van der Waals surface area contributed by atoms with Crippen molar-refractivity contribution in [3.05, 3.63) is 0 Å². The van der Waals surface area contributed by atoms with E-state index in [0.717, 1.165) is 6.04 Å². The van der Waals surface area contributed by atoms with Gasteiger partial charge in [-0.15, -0.1) is 0 Å². The van der Waals surface area contributed by atoms with Crippen LogP contribution in [0.25, 0.3) is 0 Å². The summed E-state index contributed by atoms with van der Waals surface area (Å²) in [6, 6.07) is 0.743. The van der Waals surface area contributed by atoms with Gasteiger partial charge in [0, 0.05) is 19.1 Å². The van der Waals surface area contributed by atoms with Crippen molar-refractivity contribution >= 4 is 0 Å². The van der Waals surface area contributed by atoms with E-state index in [2.05, 4.69) is 38.0 Å². The fourth-order valence-electron chi connectivity index (χ4n) is 2.16. The second-order valence-corrected chi connectivity index (χ2v) is 5.55. The normalized spacial score (nSPS) is 24.2. The van der Waals surface area contributed by atoms with Crippen molar-refractivity contribution in [1.29, 1.82) is 0 Å². The van der Waals surface area contributed by atoms with Gasteiger partial charge in [0.25, 0.3) is 0 Å². The first-order valence-corrected chi connectivity index (χ1v) is 5.39. The third-order valence-corrected chi connectivity index (χ3v) is 2.44. The molecular formula is C11H24N2. The Hall–Kier alpha value is -0.0800. The van der Waals surface area contributed by atoms with Crippen molar-refractivity contribution < 1.29 is 0 Å². The first-order valence-electron chi connectivity index (χ1n) is 5.39. The molecule has 1 heterocycles. The minimum Gasteiger partial charge on any atom is -0.313 e. The van der Waals surface area contributed by atoms with Crippen molar-refractivity contribution in [1.82, 2.24) is 10.2 Å². The lowest BCUT2D eigenvalue weighted by molar-refractivity contribution is 0.212. The first-order chi connectivity index (χ1) is 5.97. The van der Waals surface area contributed by atoms with Crippen LogP contribution in [0.4, 0.5) is 0 Å². The van der Waals surface area contributed by atoms with E-state index in [1.165, 1.54) is 32.5 Å². The van der Waals surface area contributed by atoms with Gasteiger partial charge < -0.3 is 10.2 Å². The molecule has 0 saturated carbocycles. The van der Waals surface area contributed by atoms with Crippen LogP contribution in [0, 0.1) is 5.41 Å². The molecule has 0 aliphatic carbocycles. The third kappa shape index (κ3) is 4.63. The lowest BCUT2D eigenvalue weighted by atomic mass is 9.96. The standard InChI is InChI=1S/C11H24N2/c1-11(2,3)9-13(4)8-10-6-5-7-12-10/h10,12H,5-9H2,1-4H3. The minimum absolute atomic E-state index is 0.424. The minimum atomic E-state index is 0.424. The quantitative estimate of drug-likeness (QED) is 0.718. The van der Waals surface area contributed by atoms with Crippen molar-refractivity contribution in [2.45, 2.75) is 39.7 Å². The van der Waals surface area contributed by atoms with E-state index >= 15 is 0 Å². The van der Waals surface area contributed by atoms with E-state index < -0.39 is 0 Å². The molecule has 0 radical (unpaired) electrons. The summed E-state index contributed by atoms with van der Waals surface area (Å²) in [6.07, 6.45) is 2.71. The first kappa shape index (κ1) is 11.0. The van der Waals surface area contributed by atoms with Crippen LogP contribution < -0.4 is 5.32 Å². The molecule has 0 aromatic rings. The summed E-state index contributed by atoms with van der Waals surface area (Å²) in [5.41, 5.74) is 0.424. The molecule has 1 N–H and O–H groups in total. The van der Waals surface area contributed by atoms with Gasteiger partial charge >= 0.3 is 0 Å². The Bertz CT molecular complexity index is 143. The zero-order valence-corrected chi connectivity index (χ0v) is 9.56. The fraction of sp³-hybridized carbons (Fsp3) is 1.00. The molecule has 1 atom stereocenters. The lowest BCUT2D eigenvalue weighted by Crippen LogP contribution is -2.39. The summed E-state index contributed by atoms with van der Waals surface area (Å²) < 4.78 is 0. The zero-order valence-electron chi connectivity index (χ0n) is 9.56. The number of hydrogen-bond acceptors (Lipinski definition) is 2. The molecule has 0 bridgehead atoms. The van der Waals surface area contributed by atoms with Crippen molar-refractivity contribution in [2.75, 3.05) is 26.7 Å². The Morgan fingerprint density at radius 2 is 2.08 bits per heavy atom. The molecule has 2 nitrogen and oxygen atoms in total. The van der Waals surface area contributed by atoms with Crippen LogP contribution in [-0.4, -0.2) is 37.6 Å². The summed E-state index contributed by atoms with van der Waals surface area (Å²) in [5.74, 6) is 0. The second-order valence-electron chi connectivity index (χ2n) is 5.55. The molecule has 2 heteroatoms. The monoisotopic (exact) mass is 184 g/mol. The fourth-order valence-corrected chi connectivity index (χ4v) is 2.16. The number of hydrogen-bond donors (Lipinski definition) is 1. The van der Waals surface area contributed by atoms with Crippen molar-refractivity contribution in [2.24, 2.45) is 5.41 Å². The highest BCUT2D eigenvalue weighted by molar-refractivity contribution is 4.78. The molecule has 1 unspecified atom stereocenters. The van der Waals surface area contributed by atoms with Crippen LogP contribution in [0.2, 0.25) is 0 Å². The Kier molecular flexibility index (Phi) is 3.74. The molecule has 1 aliphatic heterocycles. The molecule has 13 heavy (non-hydrogen) atoms. The van der Waals surface area contributed by atoms with Crippen molar-refractivity contribution in [3.8, 4) is 0 Å². The zero-order chi connectivity index (χ0) is 9.90. The highest BCUT2D eigenvalue weighted by atomic mass is 15.1. The van der Waals surface area contributed by atoms with Gasteiger partial charge in [-0.1, -0.05) is 20.8 Å². The van der Waals surface area contributed by atoms with E-state index in [0.29, 0.717) is 5.41 Å². The predicted molar refractivity (Wildman–Crippen MR) is 58.0 cm³/mol. The lowest BCUT2D eigenvalue weighted by Gasteiger charge is -2.28. The molecule has 1 saturated heterocycles. The van der Waals surface area contributed by atoms with Crippen LogP contribution in [0.15, 0.2) is 0 Å². The van der Waals surface area contributed by atoms with Crippen LogP contribution in [0.5, 0.6) is 0 Å². The highest BCUT2D eigenvalue weighted by Gasteiger charge is 2.19. The summed E-state index contributed by atoms with van der Waals surface area (Å²) in [6.45, 7) is 10.5. The molecule has 78 valence electrons. The number of likely N-dealkylation sites (N-methyl/N-ethyl adjacent to an activating group) is 1. The van der Waals surface area contributed by atoms with E-state index in [4.69, 9.17) is 0 Å². The van der Waals surface area contributed by atoms with Gasteiger partial charge in [0.05, 0.1) is 0 Å². The third-order valence-electron chi connectivity index (χ3n) is 2.44. The molecule has 1 fully saturated rings. The van der Waals surface area contributed by atoms with Crippen LogP contribution in [0.3, 0.4) is 0 Å². The smallest absolute Gasteiger partial charge is 0.0195 e. The van der Waals surface area contributed by atoms with E-state index in [9.17, 15) is 0 Å². The average Bonchev–Trinajstić information content (AvgIpc) is 2.34. The van der Waals surface area contributed by atoms with Gasteiger partial charge in [-0.2, -0.15) is 0 Å². The summed E-state index contributed by atoms with van der Waals surface area (Å²) in [5, 5.41) is 3.53. The Morgan fingerprint density at radius 1 is 1.38 bits per heavy atom. The Morgan fingerprint density at radius 3 is 2.54 bits per heavy atom. The summed E-state index contributed by atoms with van der Waals surface area (Å²) in [7, 11) is 2.23. The van der Waals surface area contributed by atoms with Crippen LogP contribution in [0.1, 0.15) is 33.6 Å². The Balaban J connectivity index is 2.20. The van der Waals surface area contributed by atoms with E-state index in [1.54, 1.807) is 0 Å². The predicted octanol–water partition coefficient (Wildman–Crippen LogP) is 1.72. The number of rotatable bonds is 3. The average molecular weight is 184 g/mol. The maximum atomic E-state index is 3.53. The molecule has 0 aromatic heterocycles. The number of nitrogens with zero attached hydrogens (tertiary/aromatic N) is 1. The summed E-state index contributed by atoms with van der Waals surface area (Å²) in [4.78, 5) is 2.45. The highest BCUT2D eigenvalue weighted by Crippen LogP contribution is 2.15. The van der Waals surface area contributed by atoms with Gasteiger partial charge in [0.15, 0.2) is 0 Å². The second kappa shape index (κ2) is 4.43. The largest absolute Gasteiger partial charge is 0.313 e. The molecule has 0 aromatic carbocycles. The topological polar surface area (TPSA) is 15.3 Å². The SMILES string of the molecule is CN(CC1CCCN1)CC(C)(C)C. The van der Waals surface area contributed by atoms with Gasteiger partial charge in [0.2, 0.25) is 0 Å². The maximum Gasteiger partial charge on any atom is 0.0195 e. The van der Waals surface area contributed by atoms with E-state index in [-0.39, 0.29) is 0 Å². The van der Waals surface area contributed by atoms with Gasteiger partial charge in [0.1, 0.15) is 0 Å². The van der Waals surface area contributed by atoms with Crippen molar-refractivity contribution in [3.63, 3.8) is 0 Å². The van der Waals surface area contributed by atoms with Gasteiger partial charge in [-0.3, -0.25) is 0 Å². The van der Waals surface area contributed by atoms with Gasteiger partial charge in [-0.05, 0) is 31.8 Å². The van der Waals surface area contributed by atoms with Gasteiger partial charge in [-0.25, -0.2) is 0 Å². The molecule has 0 spiro atoms. The Labute approximate surface area is 82.7 Å². The molecule has 1 rings (SSSR count). The maximum absolute atomic E-state index is 3.53. The molecular weight excluding hydrogens is 160 g/mol.